The number of ether oxygens (including phenoxy) is 2. The topological polar surface area (TPSA) is 134 Å². The number of unbranched alkanes of at least 4 members (excludes halogenated alkanes) is 1. The lowest BCUT2D eigenvalue weighted by Gasteiger charge is -2.40. The van der Waals surface area contributed by atoms with Gasteiger partial charge >= 0.3 is 0 Å². The van der Waals surface area contributed by atoms with Gasteiger partial charge in [0, 0.05) is 13.0 Å². The van der Waals surface area contributed by atoms with Crippen LogP contribution >= 0.6 is 0 Å². The summed E-state index contributed by atoms with van der Waals surface area (Å²) < 4.78 is 10.7. The zero-order chi connectivity index (χ0) is 16.5. The second kappa shape index (κ2) is 10.1. The Morgan fingerprint density at radius 3 is 2.68 bits per heavy atom. The molecule has 3 unspecified atom stereocenters. The molecule has 0 saturated carbocycles. The van der Waals surface area contributed by atoms with E-state index < -0.39 is 37.3 Å². The molecule has 0 aromatic carbocycles. The molecular formula is C14H28N2O6. The molecule has 6 N–H and O–H groups in total. The van der Waals surface area contributed by atoms with Crippen LogP contribution in [0, 0.1) is 0 Å². The first-order valence-electron chi connectivity index (χ1n) is 7.77. The van der Waals surface area contributed by atoms with Gasteiger partial charge in [-0.15, -0.1) is 0 Å². The second-order valence-electron chi connectivity index (χ2n) is 5.46. The van der Waals surface area contributed by atoms with Crippen molar-refractivity contribution in [1.29, 1.82) is 0 Å². The highest BCUT2D eigenvalue weighted by molar-refractivity contribution is 5.75. The van der Waals surface area contributed by atoms with Crippen LogP contribution in [0.1, 0.15) is 32.6 Å². The van der Waals surface area contributed by atoms with Gasteiger partial charge in [-0.1, -0.05) is 13.3 Å². The normalized spacial score (nSPS) is 32.0. The number of amides is 1. The van der Waals surface area contributed by atoms with Gasteiger partial charge in [0.05, 0.1) is 19.3 Å². The predicted octanol–water partition coefficient (Wildman–Crippen LogP) is -1.53. The van der Waals surface area contributed by atoms with E-state index in [0.29, 0.717) is 19.4 Å². The smallest absolute Gasteiger partial charge is 0.219 e. The number of nitrogens with two attached hydrogens (primary N) is 1. The average molecular weight is 320 g/mol. The van der Waals surface area contributed by atoms with Crippen LogP contribution in [-0.4, -0.2) is 71.6 Å². The zero-order valence-electron chi connectivity index (χ0n) is 13.0. The maximum atomic E-state index is 11.4. The predicted molar refractivity (Wildman–Crippen MR) is 78.8 cm³/mol. The summed E-state index contributed by atoms with van der Waals surface area (Å²) in [6, 6.07) is -0.892. The van der Waals surface area contributed by atoms with Gasteiger partial charge in [-0.2, -0.15) is 0 Å². The Labute approximate surface area is 130 Å². The summed E-state index contributed by atoms with van der Waals surface area (Å²) in [6.07, 6.45) is -1.32. The Morgan fingerprint density at radius 2 is 2.05 bits per heavy atom. The lowest BCUT2D eigenvalue weighted by Crippen LogP contribution is -2.62. The Bertz CT molecular complexity index is 328. The van der Waals surface area contributed by atoms with Crippen molar-refractivity contribution in [2.45, 2.75) is 63.3 Å². The van der Waals surface area contributed by atoms with Crippen LogP contribution in [0.3, 0.4) is 0 Å². The van der Waals surface area contributed by atoms with E-state index in [1.54, 1.807) is 0 Å². The molecule has 0 bridgehead atoms. The minimum Gasteiger partial charge on any atom is -0.394 e. The van der Waals surface area contributed by atoms with E-state index in [9.17, 15) is 15.0 Å². The van der Waals surface area contributed by atoms with Crippen molar-refractivity contribution in [1.82, 2.24) is 5.32 Å². The molecule has 22 heavy (non-hydrogen) atoms. The SMILES string of the molecule is CCCCC(=O)NCCCO[C@@H]1OC(CO)[C@H](O)C(O)C1N. The standard InChI is InChI=1S/C14H28N2O6/c1-2-3-5-10(18)16-6-4-7-21-14-11(15)13(20)12(19)9(8-17)22-14/h9,11-14,17,19-20H,2-8,15H2,1H3,(H,16,18)/t9?,11?,12-,13?,14+/m0/s1. The highest BCUT2D eigenvalue weighted by Crippen LogP contribution is 2.20. The largest absolute Gasteiger partial charge is 0.394 e. The van der Waals surface area contributed by atoms with Gasteiger partial charge in [0.15, 0.2) is 6.29 Å². The number of rotatable bonds is 9. The molecule has 0 spiro atoms. The maximum Gasteiger partial charge on any atom is 0.219 e. The summed E-state index contributed by atoms with van der Waals surface area (Å²) in [5.74, 6) is 0.0198. The number of aliphatic hydroxyl groups is 3. The summed E-state index contributed by atoms with van der Waals surface area (Å²) in [7, 11) is 0. The van der Waals surface area contributed by atoms with Gasteiger partial charge in [-0.3, -0.25) is 4.79 Å². The Kier molecular flexibility index (Phi) is 8.84. The number of hydrogen-bond acceptors (Lipinski definition) is 7. The summed E-state index contributed by atoms with van der Waals surface area (Å²) in [4.78, 5) is 11.4. The maximum absolute atomic E-state index is 11.4. The van der Waals surface area contributed by atoms with Crippen LogP contribution < -0.4 is 11.1 Å². The molecule has 0 aromatic rings. The van der Waals surface area contributed by atoms with Crippen LogP contribution in [0.4, 0.5) is 0 Å². The van der Waals surface area contributed by atoms with E-state index in [-0.39, 0.29) is 12.5 Å². The van der Waals surface area contributed by atoms with Crippen molar-refractivity contribution in [2.24, 2.45) is 5.73 Å². The molecule has 130 valence electrons. The van der Waals surface area contributed by atoms with Crippen molar-refractivity contribution in [2.75, 3.05) is 19.8 Å². The van der Waals surface area contributed by atoms with Gasteiger partial charge in [0.2, 0.25) is 5.91 Å². The third kappa shape index (κ3) is 5.79. The zero-order valence-corrected chi connectivity index (χ0v) is 13.0. The van der Waals surface area contributed by atoms with Gasteiger partial charge in [-0.25, -0.2) is 0 Å². The van der Waals surface area contributed by atoms with E-state index in [1.807, 2.05) is 6.92 Å². The summed E-state index contributed by atoms with van der Waals surface area (Å²) in [6.45, 7) is 2.37. The fraction of sp³-hybridized carbons (Fsp3) is 0.929. The summed E-state index contributed by atoms with van der Waals surface area (Å²) in [5, 5.41) is 31.3. The van der Waals surface area contributed by atoms with Crippen LogP contribution in [0.2, 0.25) is 0 Å². The fourth-order valence-electron chi connectivity index (χ4n) is 2.18. The number of aliphatic hydroxyl groups excluding tert-OH is 3. The van der Waals surface area contributed by atoms with E-state index in [4.69, 9.17) is 20.3 Å². The van der Waals surface area contributed by atoms with Gasteiger partial charge < -0.3 is 35.8 Å². The van der Waals surface area contributed by atoms with E-state index in [2.05, 4.69) is 5.32 Å². The number of hydrogen-bond donors (Lipinski definition) is 5. The molecule has 1 amide bonds. The molecule has 1 heterocycles. The lowest BCUT2D eigenvalue weighted by atomic mass is 9.98. The Balaban J connectivity index is 2.22. The Hall–Kier alpha value is -0.770. The van der Waals surface area contributed by atoms with Gasteiger partial charge in [0.25, 0.3) is 0 Å². The average Bonchev–Trinajstić information content (AvgIpc) is 2.52. The van der Waals surface area contributed by atoms with E-state index >= 15 is 0 Å². The number of carbonyl (C=O) groups is 1. The van der Waals surface area contributed by atoms with Crippen LogP contribution in [0.5, 0.6) is 0 Å². The van der Waals surface area contributed by atoms with Crippen molar-refractivity contribution >= 4 is 5.91 Å². The third-order valence-corrected chi connectivity index (χ3v) is 3.61. The second-order valence-corrected chi connectivity index (χ2v) is 5.46. The molecule has 8 nitrogen and oxygen atoms in total. The lowest BCUT2D eigenvalue weighted by molar-refractivity contribution is -0.265. The van der Waals surface area contributed by atoms with E-state index in [1.165, 1.54) is 0 Å². The first-order valence-corrected chi connectivity index (χ1v) is 7.77. The van der Waals surface area contributed by atoms with Crippen LogP contribution in [0.15, 0.2) is 0 Å². The quantitative estimate of drug-likeness (QED) is 0.325. The van der Waals surface area contributed by atoms with Crippen LogP contribution in [0.25, 0.3) is 0 Å². The molecule has 0 aliphatic carbocycles. The molecule has 1 aliphatic heterocycles. The first-order chi connectivity index (χ1) is 10.5. The van der Waals surface area contributed by atoms with Crippen molar-refractivity contribution in [3.8, 4) is 0 Å². The monoisotopic (exact) mass is 320 g/mol. The highest BCUT2D eigenvalue weighted by atomic mass is 16.7. The van der Waals surface area contributed by atoms with Crippen molar-refractivity contribution in [3.05, 3.63) is 0 Å². The molecule has 5 atom stereocenters. The fourth-order valence-corrected chi connectivity index (χ4v) is 2.18. The minimum absolute atomic E-state index is 0.0198. The van der Waals surface area contributed by atoms with Crippen molar-refractivity contribution in [3.63, 3.8) is 0 Å². The van der Waals surface area contributed by atoms with Crippen LogP contribution in [-0.2, 0) is 14.3 Å². The van der Waals surface area contributed by atoms with E-state index in [0.717, 1.165) is 12.8 Å². The molecule has 0 aromatic heterocycles. The number of carbonyl (C=O) groups excluding carboxylic acids is 1. The first kappa shape index (κ1) is 19.3. The molecule has 0 radical (unpaired) electrons. The van der Waals surface area contributed by atoms with Gasteiger partial charge in [-0.05, 0) is 12.8 Å². The third-order valence-electron chi connectivity index (χ3n) is 3.61. The molecule has 1 saturated heterocycles. The molecule has 1 fully saturated rings. The Morgan fingerprint density at radius 1 is 1.32 bits per heavy atom. The molecule has 1 aliphatic rings. The summed E-state index contributed by atoms with van der Waals surface area (Å²) in [5.41, 5.74) is 5.74. The molecule has 8 heteroatoms. The minimum atomic E-state index is -1.24. The van der Waals surface area contributed by atoms with Gasteiger partial charge in [0.1, 0.15) is 18.3 Å². The highest BCUT2D eigenvalue weighted by Gasteiger charge is 2.42. The summed E-state index contributed by atoms with van der Waals surface area (Å²) >= 11 is 0. The number of nitrogens with one attached hydrogen (secondary N) is 1. The molecular weight excluding hydrogens is 292 g/mol. The van der Waals surface area contributed by atoms with Crippen molar-refractivity contribution < 1.29 is 29.6 Å². The molecule has 1 rings (SSSR count).